The minimum atomic E-state index is -0.316. The van der Waals surface area contributed by atoms with E-state index < -0.39 is 0 Å². The Morgan fingerprint density at radius 1 is 1.14 bits per heavy atom. The molecule has 2 aromatic heterocycles. The van der Waals surface area contributed by atoms with Gasteiger partial charge in [-0.15, -0.1) is 0 Å². The van der Waals surface area contributed by atoms with Crippen molar-refractivity contribution < 1.29 is 14.3 Å². The normalized spacial score (nSPS) is 14.1. The summed E-state index contributed by atoms with van der Waals surface area (Å²) in [5, 5.41) is 2.94. The fourth-order valence-electron chi connectivity index (χ4n) is 3.38. The maximum Gasteiger partial charge on any atom is 0.262 e. The fourth-order valence-corrected chi connectivity index (χ4v) is 4.31. The summed E-state index contributed by atoms with van der Waals surface area (Å²) < 4.78 is 12.7. The Hall–Kier alpha value is -3.39. The van der Waals surface area contributed by atoms with Gasteiger partial charge in [0.25, 0.3) is 11.5 Å². The van der Waals surface area contributed by atoms with Crippen molar-refractivity contribution in [3.05, 3.63) is 69.3 Å². The van der Waals surface area contributed by atoms with Gasteiger partial charge in [-0.3, -0.25) is 14.0 Å². The fraction of sp³-hybridized carbons (Fsp3) is 0.190. The number of imidazole rings is 1. The Kier molecular flexibility index (Phi) is 4.21. The number of para-hydroxylation sites is 2. The largest absolute Gasteiger partial charge is 0.486 e. The lowest BCUT2D eigenvalue weighted by Crippen LogP contribution is -2.27. The first-order valence-electron chi connectivity index (χ1n) is 9.22. The van der Waals surface area contributed by atoms with Crippen LogP contribution in [0.3, 0.4) is 0 Å². The van der Waals surface area contributed by atoms with Crippen LogP contribution in [0.25, 0.3) is 16.0 Å². The monoisotopic (exact) mass is 407 g/mol. The van der Waals surface area contributed by atoms with Crippen molar-refractivity contribution in [1.29, 1.82) is 0 Å². The second kappa shape index (κ2) is 6.89. The zero-order chi connectivity index (χ0) is 20.0. The molecule has 0 saturated carbocycles. The topological polar surface area (TPSA) is 81.9 Å². The third-order valence-electron chi connectivity index (χ3n) is 4.84. The summed E-state index contributed by atoms with van der Waals surface area (Å²) >= 11 is 1.19. The van der Waals surface area contributed by atoms with Crippen molar-refractivity contribution in [2.24, 2.45) is 0 Å². The average molecular weight is 407 g/mol. The van der Waals surface area contributed by atoms with E-state index in [4.69, 9.17) is 9.47 Å². The molecule has 1 aliphatic rings. The third kappa shape index (κ3) is 3.11. The van der Waals surface area contributed by atoms with Crippen LogP contribution >= 0.6 is 11.3 Å². The molecule has 8 heteroatoms. The van der Waals surface area contributed by atoms with E-state index in [-0.39, 0.29) is 17.5 Å². The summed E-state index contributed by atoms with van der Waals surface area (Å²) in [6.07, 6.45) is 0. The van der Waals surface area contributed by atoms with E-state index in [9.17, 15) is 9.59 Å². The van der Waals surface area contributed by atoms with Crippen LogP contribution in [0.2, 0.25) is 0 Å². The summed E-state index contributed by atoms with van der Waals surface area (Å²) in [5.74, 6) is 1.06. The molecule has 1 amide bonds. The molecule has 29 heavy (non-hydrogen) atoms. The number of carbonyl (C=O) groups excluding carboxylic acids is 1. The molecule has 0 saturated heterocycles. The number of nitrogens with zero attached hydrogens (tertiary/aromatic N) is 2. The van der Waals surface area contributed by atoms with E-state index in [0.29, 0.717) is 34.6 Å². The van der Waals surface area contributed by atoms with Crippen LogP contribution in [-0.2, 0) is 0 Å². The van der Waals surface area contributed by atoms with Gasteiger partial charge in [-0.1, -0.05) is 29.5 Å². The van der Waals surface area contributed by atoms with Crippen molar-refractivity contribution in [3.8, 4) is 11.5 Å². The molecule has 0 fully saturated rings. The van der Waals surface area contributed by atoms with Gasteiger partial charge in [0.15, 0.2) is 16.5 Å². The number of nitrogens with one attached hydrogen (secondary N) is 1. The van der Waals surface area contributed by atoms with Gasteiger partial charge in [0, 0.05) is 6.07 Å². The quantitative estimate of drug-likeness (QED) is 0.564. The highest BCUT2D eigenvalue weighted by Crippen LogP contribution is 2.32. The summed E-state index contributed by atoms with van der Waals surface area (Å²) in [7, 11) is 0. The van der Waals surface area contributed by atoms with Crippen LogP contribution in [0.15, 0.2) is 53.3 Å². The van der Waals surface area contributed by atoms with Gasteiger partial charge in [0.05, 0.1) is 17.1 Å². The number of fused-ring (bicyclic) bond motifs is 4. The molecule has 0 aliphatic carbocycles. The Morgan fingerprint density at radius 3 is 2.79 bits per heavy atom. The predicted molar refractivity (Wildman–Crippen MR) is 110 cm³/mol. The molecule has 3 heterocycles. The van der Waals surface area contributed by atoms with Gasteiger partial charge in [0.2, 0.25) is 0 Å². The number of hydrogen-bond donors (Lipinski definition) is 1. The lowest BCUT2D eigenvalue weighted by molar-refractivity contribution is 0.0943. The standard InChI is InChI=1S/C21H17N3O4S/c1-12(13-6-7-16-17(10-13)28-9-8-27-16)22-20(26)18-11-19(25)24-15-5-3-2-4-14(15)23-21(24)29-18/h2-7,10-12H,8-9H2,1H3,(H,22,26)/t12-/m1/s1. The van der Waals surface area contributed by atoms with Gasteiger partial charge < -0.3 is 14.8 Å². The molecule has 0 unspecified atom stereocenters. The highest BCUT2D eigenvalue weighted by molar-refractivity contribution is 7.18. The summed E-state index contributed by atoms with van der Waals surface area (Å²) in [6, 6.07) is 14.1. The molecular weight excluding hydrogens is 390 g/mol. The summed E-state index contributed by atoms with van der Waals surface area (Å²) in [4.78, 5) is 30.7. The number of ether oxygens (including phenoxy) is 2. The Morgan fingerprint density at radius 2 is 1.93 bits per heavy atom. The summed E-state index contributed by atoms with van der Waals surface area (Å²) in [6.45, 7) is 2.92. The first-order chi connectivity index (χ1) is 14.1. The Balaban J connectivity index is 1.44. The molecule has 1 atom stereocenters. The minimum Gasteiger partial charge on any atom is -0.486 e. The molecule has 0 bridgehead atoms. The number of amides is 1. The van der Waals surface area contributed by atoms with Gasteiger partial charge in [-0.2, -0.15) is 0 Å². The molecule has 2 aromatic carbocycles. The predicted octanol–water partition coefficient (Wildman–Crippen LogP) is 3.17. The maximum atomic E-state index is 12.8. The van der Waals surface area contributed by atoms with Crippen LogP contribution in [-0.4, -0.2) is 28.5 Å². The summed E-state index contributed by atoms with van der Waals surface area (Å²) in [5.41, 5.74) is 2.08. The van der Waals surface area contributed by atoms with Gasteiger partial charge in [-0.25, -0.2) is 4.98 Å². The lowest BCUT2D eigenvalue weighted by Gasteiger charge is -2.21. The number of hydrogen-bond acceptors (Lipinski definition) is 6. The second-order valence-electron chi connectivity index (χ2n) is 6.77. The second-order valence-corrected chi connectivity index (χ2v) is 7.77. The highest BCUT2D eigenvalue weighted by atomic mass is 32.1. The van der Waals surface area contributed by atoms with E-state index in [0.717, 1.165) is 16.6 Å². The lowest BCUT2D eigenvalue weighted by atomic mass is 10.1. The van der Waals surface area contributed by atoms with Crippen LogP contribution in [0, 0.1) is 0 Å². The van der Waals surface area contributed by atoms with E-state index in [2.05, 4.69) is 10.3 Å². The Labute approximate surface area is 169 Å². The van der Waals surface area contributed by atoms with Gasteiger partial charge in [-0.05, 0) is 36.8 Å². The first kappa shape index (κ1) is 17.7. The zero-order valence-corrected chi connectivity index (χ0v) is 16.4. The van der Waals surface area contributed by atoms with Crippen molar-refractivity contribution in [2.75, 3.05) is 13.2 Å². The highest BCUT2D eigenvalue weighted by Gasteiger charge is 2.18. The van der Waals surface area contributed by atoms with Crippen molar-refractivity contribution in [1.82, 2.24) is 14.7 Å². The molecule has 0 spiro atoms. The van der Waals surface area contributed by atoms with E-state index in [1.165, 1.54) is 21.8 Å². The third-order valence-corrected chi connectivity index (χ3v) is 5.82. The molecule has 1 N–H and O–H groups in total. The van der Waals surface area contributed by atoms with Crippen LogP contribution in [0.5, 0.6) is 11.5 Å². The van der Waals surface area contributed by atoms with E-state index in [1.807, 2.05) is 49.4 Å². The van der Waals surface area contributed by atoms with Crippen molar-refractivity contribution in [2.45, 2.75) is 13.0 Å². The van der Waals surface area contributed by atoms with E-state index >= 15 is 0 Å². The molecular formula is C21H17N3O4S. The molecule has 146 valence electrons. The Bertz CT molecular complexity index is 1310. The molecule has 5 rings (SSSR count). The van der Waals surface area contributed by atoms with Crippen molar-refractivity contribution >= 4 is 33.2 Å². The number of benzene rings is 2. The molecule has 7 nitrogen and oxygen atoms in total. The van der Waals surface area contributed by atoms with Crippen LogP contribution < -0.4 is 20.3 Å². The number of carbonyl (C=O) groups is 1. The van der Waals surface area contributed by atoms with Gasteiger partial charge in [0.1, 0.15) is 18.1 Å². The molecule has 0 radical (unpaired) electrons. The minimum absolute atomic E-state index is 0.268. The smallest absolute Gasteiger partial charge is 0.262 e. The SMILES string of the molecule is C[C@@H](NC(=O)c1cc(=O)n2c(nc3ccccc32)s1)c1ccc2c(c1)OCCO2. The van der Waals surface area contributed by atoms with E-state index in [1.54, 1.807) is 0 Å². The molecule has 1 aliphatic heterocycles. The van der Waals surface area contributed by atoms with Crippen LogP contribution in [0.4, 0.5) is 0 Å². The molecule has 4 aromatic rings. The maximum absolute atomic E-state index is 12.8. The first-order valence-corrected chi connectivity index (χ1v) is 10.0. The van der Waals surface area contributed by atoms with Crippen LogP contribution in [0.1, 0.15) is 28.2 Å². The van der Waals surface area contributed by atoms with Gasteiger partial charge >= 0.3 is 0 Å². The van der Waals surface area contributed by atoms with Crippen molar-refractivity contribution in [3.63, 3.8) is 0 Å². The number of rotatable bonds is 3. The number of aromatic nitrogens is 2. The zero-order valence-electron chi connectivity index (χ0n) is 15.5. The average Bonchev–Trinajstić information content (AvgIpc) is 3.12.